The molecule has 1 amide bonds. The van der Waals surface area contributed by atoms with E-state index in [1.807, 2.05) is 0 Å². The van der Waals surface area contributed by atoms with Gasteiger partial charge in [0.05, 0.1) is 18.3 Å². The van der Waals surface area contributed by atoms with Gasteiger partial charge in [0.15, 0.2) is 0 Å². The van der Waals surface area contributed by atoms with Gasteiger partial charge >= 0.3 is 5.69 Å². The molecule has 4 N–H and O–H groups in total. The Hall–Kier alpha value is -2.23. The maximum absolute atomic E-state index is 12.0. The van der Waals surface area contributed by atoms with E-state index < -0.39 is 36.3 Å². The van der Waals surface area contributed by atoms with Gasteiger partial charge in [-0.2, -0.15) is 0 Å². The Kier molecular flexibility index (Phi) is 8.62. The van der Waals surface area contributed by atoms with Crippen molar-refractivity contribution in [3.05, 3.63) is 45.1 Å². The third-order valence-corrected chi connectivity index (χ3v) is 4.50. The minimum Gasteiger partial charge on any atom is -0.394 e. The number of rotatable bonds is 10. The Bertz CT molecular complexity index is 785. The number of aliphatic hydroxyl groups is 2. The second-order valence-electron chi connectivity index (χ2n) is 6.72. The average Bonchev–Trinajstić information content (AvgIpc) is 3.04. The summed E-state index contributed by atoms with van der Waals surface area (Å²) in [5.41, 5.74) is -1.26. The normalized spacial score (nSPS) is 22.0. The first kappa shape index (κ1) is 22.1. The maximum atomic E-state index is 12.0. The molecule has 1 aromatic heterocycles. The van der Waals surface area contributed by atoms with Gasteiger partial charge in [-0.15, -0.1) is 0 Å². The van der Waals surface area contributed by atoms with Crippen molar-refractivity contribution in [3.63, 3.8) is 0 Å². The molecule has 0 aromatic carbocycles. The van der Waals surface area contributed by atoms with E-state index in [0.717, 1.165) is 30.3 Å². The van der Waals surface area contributed by atoms with Crippen molar-refractivity contribution in [2.45, 2.75) is 57.5 Å². The number of ether oxygens (including phenoxy) is 1. The summed E-state index contributed by atoms with van der Waals surface area (Å²) >= 11 is 0. The maximum Gasteiger partial charge on any atom is 0.330 e. The van der Waals surface area contributed by atoms with Crippen molar-refractivity contribution < 1.29 is 19.7 Å². The third kappa shape index (κ3) is 6.15. The quantitative estimate of drug-likeness (QED) is 0.328. The number of unbranched alkanes of at least 4 members (excludes halogenated alkanes) is 4. The van der Waals surface area contributed by atoms with Gasteiger partial charge in [0.1, 0.15) is 12.3 Å². The van der Waals surface area contributed by atoms with Crippen molar-refractivity contribution in [2.75, 3.05) is 13.2 Å². The lowest BCUT2D eigenvalue weighted by molar-refractivity contribution is -0.116. The Balaban J connectivity index is 1.98. The van der Waals surface area contributed by atoms with E-state index in [2.05, 4.69) is 17.2 Å². The summed E-state index contributed by atoms with van der Waals surface area (Å²) in [5, 5.41) is 21.7. The number of aromatic amines is 1. The predicted molar refractivity (Wildman–Crippen MR) is 103 cm³/mol. The first-order chi connectivity index (χ1) is 13.5. The van der Waals surface area contributed by atoms with Crippen LogP contribution in [0.1, 0.15) is 50.8 Å². The highest BCUT2D eigenvalue weighted by Crippen LogP contribution is 2.26. The molecule has 0 aliphatic carbocycles. The summed E-state index contributed by atoms with van der Waals surface area (Å²) in [6, 6.07) is 0. The molecule has 0 saturated carbocycles. The fourth-order valence-electron chi connectivity index (χ4n) is 2.88. The van der Waals surface area contributed by atoms with E-state index in [4.69, 9.17) is 9.84 Å². The number of amides is 1. The van der Waals surface area contributed by atoms with Crippen LogP contribution in [0.2, 0.25) is 0 Å². The minimum absolute atomic E-state index is 0.0941. The van der Waals surface area contributed by atoms with Crippen LogP contribution in [-0.4, -0.2) is 51.0 Å². The van der Waals surface area contributed by atoms with Crippen LogP contribution >= 0.6 is 0 Å². The van der Waals surface area contributed by atoms with E-state index in [-0.39, 0.29) is 11.5 Å². The third-order valence-electron chi connectivity index (χ3n) is 4.50. The standard InChI is InChI=1S/C19H28N3O6/c1-2-3-4-5-6-9-20-16(25)8-7-13-11-22(19(27)21-18(13)26)17-10-14(24)15(12-23)28-17/h7-8,10-11,14-15,17,23-24H,2-6,9,12H2,1H3,(H,20,25)(H,21,26,27)/b8-7+/t14-,15-,17-/m1/s1. The fourth-order valence-corrected chi connectivity index (χ4v) is 2.88. The molecule has 1 saturated heterocycles. The van der Waals surface area contributed by atoms with Crippen LogP contribution in [0.4, 0.5) is 0 Å². The molecule has 2 rings (SSSR count). The van der Waals surface area contributed by atoms with Crippen LogP contribution < -0.4 is 16.6 Å². The number of nitrogens with one attached hydrogen (secondary N) is 2. The van der Waals surface area contributed by atoms with E-state index in [9.17, 15) is 19.5 Å². The zero-order valence-corrected chi connectivity index (χ0v) is 16.0. The van der Waals surface area contributed by atoms with Crippen LogP contribution in [0.3, 0.4) is 0 Å². The zero-order valence-electron chi connectivity index (χ0n) is 16.0. The Labute approximate surface area is 163 Å². The van der Waals surface area contributed by atoms with Crippen LogP contribution in [0.15, 0.2) is 21.9 Å². The number of carbonyl (C=O) groups excluding carboxylic acids is 1. The monoisotopic (exact) mass is 394 g/mol. The van der Waals surface area contributed by atoms with Crippen molar-refractivity contribution in [2.24, 2.45) is 0 Å². The molecule has 1 aliphatic heterocycles. The molecule has 1 fully saturated rings. The van der Waals surface area contributed by atoms with Crippen LogP contribution in [-0.2, 0) is 9.53 Å². The Morgan fingerprint density at radius 2 is 2.07 bits per heavy atom. The highest BCUT2D eigenvalue weighted by Gasteiger charge is 2.35. The van der Waals surface area contributed by atoms with Gasteiger partial charge in [0, 0.05) is 25.2 Å². The lowest BCUT2D eigenvalue weighted by Crippen LogP contribution is -2.33. The molecule has 0 bridgehead atoms. The number of carbonyl (C=O) groups is 1. The SMILES string of the molecule is CCCCCCCNC(=O)/C=C/c1cn([C@H]2[CH][C@@H](O)[C@@H](CO)O2)c(=O)[nH]c1=O. The van der Waals surface area contributed by atoms with Gasteiger partial charge < -0.3 is 20.3 Å². The summed E-state index contributed by atoms with van der Waals surface area (Å²) in [6.07, 6.45) is 7.79. The molecule has 2 heterocycles. The van der Waals surface area contributed by atoms with Gasteiger partial charge in [-0.3, -0.25) is 19.1 Å². The van der Waals surface area contributed by atoms with Crippen LogP contribution in [0.5, 0.6) is 0 Å². The minimum atomic E-state index is -1.03. The molecular weight excluding hydrogens is 366 g/mol. The van der Waals surface area contributed by atoms with Gasteiger partial charge in [-0.25, -0.2) is 4.79 Å². The molecule has 9 heteroatoms. The molecule has 1 radical (unpaired) electrons. The highest BCUT2D eigenvalue weighted by atomic mass is 16.5. The largest absolute Gasteiger partial charge is 0.394 e. The van der Waals surface area contributed by atoms with Gasteiger partial charge in [0.2, 0.25) is 5.91 Å². The lowest BCUT2D eigenvalue weighted by Gasteiger charge is -2.14. The molecule has 3 atom stereocenters. The molecule has 28 heavy (non-hydrogen) atoms. The van der Waals surface area contributed by atoms with Gasteiger partial charge in [0.25, 0.3) is 5.56 Å². The van der Waals surface area contributed by atoms with E-state index >= 15 is 0 Å². The molecule has 0 spiro atoms. The predicted octanol–water partition coefficient (Wildman–Crippen LogP) is 0.0913. The topological polar surface area (TPSA) is 134 Å². The fraction of sp³-hybridized carbons (Fsp3) is 0.579. The number of aliphatic hydroxyl groups excluding tert-OH is 2. The van der Waals surface area contributed by atoms with E-state index in [1.165, 1.54) is 31.2 Å². The Morgan fingerprint density at radius 3 is 2.75 bits per heavy atom. The Morgan fingerprint density at radius 1 is 1.32 bits per heavy atom. The summed E-state index contributed by atoms with van der Waals surface area (Å²) in [7, 11) is 0. The second-order valence-corrected chi connectivity index (χ2v) is 6.72. The second kappa shape index (κ2) is 10.9. The van der Waals surface area contributed by atoms with Crippen molar-refractivity contribution in [1.82, 2.24) is 14.9 Å². The molecule has 9 nitrogen and oxygen atoms in total. The molecule has 0 unspecified atom stereocenters. The number of nitrogens with zero attached hydrogens (tertiary/aromatic N) is 1. The molecule has 1 aromatic rings. The van der Waals surface area contributed by atoms with Gasteiger partial charge in [-0.05, 0) is 12.5 Å². The zero-order chi connectivity index (χ0) is 20.5. The van der Waals surface area contributed by atoms with Crippen molar-refractivity contribution in [1.29, 1.82) is 0 Å². The van der Waals surface area contributed by atoms with Crippen molar-refractivity contribution in [3.8, 4) is 0 Å². The molecule has 1 aliphatic rings. The summed E-state index contributed by atoms with van der Waals surface area (Å²) in [4.78, 5) is 38.0. The summed E-state index contributed by atoms with van der Waals surface area (Å²) < 4.78 is 6.47. The highest BCUT2D eigenvalue weighted by molar-refractivity contribution is 5.91. The number of H-pyrrole nitrogens is 1. The van der Waals surface area contributed by atoms with Crippen LogP contribution in [0.25, 0.3) is 6.08 Å². The van der Waals surface area contributed by atoms with Crippen molar-refractivity contribution >= 4 is 12.0 Å². The molecular formula is C19H28N3O6. The number of hydrogen-bond donors (Lipinski definition) is 4. The first-order valence-corrected chi connectivity index (χ1v) is 9.57. The van der Waals surface area contributed by atoms with E-state index in [1.54, 1.807) is 0 Å². The van der Waals surface area contributed by atoms with Crippen LogP contribution in [0, 0.1) is 6.42 Å². The first-order valence-electron chi connectivity index (χ1n) is 9.57. The molecule has 155 valence electrons. The number of hydrogen-bond acceptors (Lipinski definition) is 6. The number of aromatic nitrogens is 2. The summed E-state index contributed by atoms with van der Waals surface area (Å²) in [5.74, 6) is -0.327. The van der Waals surface area contributed by atoms with Gasteiger partial charge in [-0.1, -0.05) is 32.6 Å². The smallest absolute Gasteiger partial charge is 0.330 e. The lowest BCUT2D eigenvalue weighted by atomic mass is 10.1. The summed E-state index contributed by atoms with van der Waals surface area (Å²) in [6.45, 7) is 2.30. The average molecular weight is 394 g/mol. The van der Waals surface area contributed by atoms with E-state index in [0.29, 0.717) is 6.54 Å².